The van der Waals surface area contributed by atoms with Crippen molar-refractivity contribution in [1.29, 1.82) is 0 Å². The number of methoxy groups -OCH3 is 1. The predicted octanol–water partition coefficient (Wildman–Crippen LogP) is 4.15. The SMILES string of the molecule is COc1cc(F)c(Br)cc1C(N)Cc1cccc(C)c1. The van der Waals surface area contributed by atoms with E-state index < -0.39 is 0 Å². The Kier molecular flexibility index (Phi) is 4.78. The van der Waals surface area contributed by atoms with Crippen molar-refractivity contribution in [3.8, 4) is 5.75 Å². The number of rotatable bonds is 4. The molecule has 2 nitrogen and oxygen atoms in total. The topological polar surface area (TPSA) is 35.2 Å². The summed E-state index contributed by atoms with van der Waals surface area (Å²) in [7, 11) is 1.52. The van der Waals surface area contributed by atoms with Crippen molar-refractivity contribution in [3.63, 3.8) is 0 Å². The molecule has 0 fully saturated rings. The number of hydrogen-bond donors (Lipinski definition) is 1. The van der Waals surface area contributed by atoms with Crippen LogP contribution in [0.4, 0.5) is 4.39 Å². The fourth-order valence-electron chi connectivity index (χ4n) is 2.21. The molecule has 2 aromatic carbocycles. The Morgan fingerprint density at radius 1 is 1.30 bits per heavy atom. The number of ether oxygens (including phenoxy) is 1. The second kappa shape index (κ2) is 6.37. The first-order valence-electron chi connectivity index (χ1n) is 6.35. The van der Waals surface area contributed by atoms with Crippen molar-refractivity contribution in [2.45, 2.75) is 19.4 Å². The highest BCUT2D eigenvalue weighted by atomic mass is 79.9. The minimum absolute atomic E-state index is 0.247. The van der Waals surface area contributed by atoms with Crippen molar-refractivity contribution in [2.24, 2.45) is 5.73 Å². The minimum atomic E-state index is -0.353. The summed E-state index contributed by atoms with van der Waals surface area (Å²) in [6.07, 6.45) is 0.677. The average Bonchev–Trinajstić information content (AvgIpc) is 2.41. The molecule has 4 heteroatoms. The van der Waals surface area contributed by atoms with Gasteiger partial charge in [0, 0.05) is 17.7 Å². The third-order valence-corrected chi connectivity index (χ3v) is 3.82. The standard InChI is InChI=1S/C16H17BrFNO/c1-10-4-3-5-11(6-10)7-15(19)12-8-13(17)14(18)9-16(12)20-2/h3-6,8-9,15H,7,19H2,1-2H3. The van der Waals surface area contributed by atoms with Crippen LogP contribution in [0.15, 0.2) is 40.9 Å². The van der Waals surface area contributed by atoms with Gasteiger partial charge in [0.05, 0.1) is 11.6 Å². The van der Waals surface area contributed by atoms with Crippen LogP contribution >= 0.6 is 15.9 Å². The Labute approximate surface area is 126 Å². The summed E-state index contributed by atoms with van der Waals surface area (Å²) < 4.78 is 19.1. The predicted molar refractivity (Wildman–Crippen MR) is 82.5 cm³/mol. The first kappa shape index (κ1) is 15.0. The molecule has 0 aliphatic rings. The third kappa shape index (κ3) is 3.38. The fraction of sp³-hybridized carbons (Fsp3) is 0.250. The van der Waals surface area contributed by atoms with E-state index in [-0.39, 0.29) is 11.9 Å². The van der Waals surface area contributed by atoms with Gasteiger partial charge in [0.15, 0.2) is 0 Å². The van der Waals surface area contributed by atoms with Crippen LogP contribution in [0.5, 0.6) is 5.75 Å². The van der Waals surface area contributed by atoms with E-state index in [1.165, 1.54) is 18.7 Å². The molecule has 1 unspecified atom stereocenters. The molecule has 0 amide bonds. The van der Waals surface area contributed by atoms with Gasteiger partial charge in [-0.3, -0.25) is 0 Å². The highest BCUT2D eigenvalue weighted by molar-refractivity contribution is 9.10. The third-order valence-electron chi connectivity index (χ3n) is 3.21. The zero-order chi connectivity index (χ0) is 14.7. The van der Waals surface area contributed by atoms with Gasteiger partial charge >= 0.3 is 0 Å². The van der Waals surface area contributed by atoms with Gasteiger partial charge in [-0.1, -0.05) is 29.8 Å². The molecule has 0 bridgehead atoms. The maximum Gasteiger partial charge on any atom is 0.141 e. The summed E-state index contributed by atoms with van der Waals surface area (Å²) in [5.74, 6) is 0.124. The van der Waals surface area contributed by atoms with E-state index in [9.17, 15) is 4.39 Å². The highest BCUT2D eigenvalue weighted by Gasteiger charge is 2.16. The van der Waals surface area contributed by atoms with E-state index in [1.807, 2.05) is 25.1 Å². The lowest BCUT2D eigenvalue weighted by atomic mass is 9.98. The van der Waals surface area contributed by atoms with Crippen molar-refractivity contribution >= 4 is 15.9 Å². The lowest BCUT2D eigenvalue weighted by molar-refractivity contribution is 0.401. The summed E-state index contributed by atoms with van der Waals surface area (Å²) in [4.78, 5) is 0. The molecule has 0 heterocycles. The normalized spacial score (nSPS) is 12.2. The molecule has 1 atom stereocenters. The summed E-state index contributed by atoms with van der Waals surface area (Å²) in [5.41, 5.74) is 9.39. The monoisotopic (exact) mass is 337 g/mol. The van der Waals surface area contributed by atoms with E-state index in [0.717, 1.165) is 11.1 Å². The summed E-state index contributed by atoms with van der Waals surface area (Å²) in [6.45, 7) is 2.05. The van der Waals surface area contributed by atoms with Crippen LogP contribution in [0.2, 0.25) is 0 Å². The van der Waals surface area contributed by atoms with Gasteiger partial charge in [-0.25, -0.2) is 4.39 Å². The first-order valence-corrected chi connectivity index (χ1v) is 7.14. The zero-order valence-electron chi connectivity index (χ0n) is 11.5. The molecular formula is C16H17BrFNO. The molecule has 106 valence electrons. The number of benzene rings is 2. The van der Waals surface area contributed by atoms with Crippen LogP contribution in [0, 0.1) is 12.7 Å². The second-order valence-corrected chi connectivity index (χ2v) is 5.66. The molecule has 2 aromatic rings. The molecule has 0 radical (unpaired) electrons. The smallest absolute Gasteiger partial charge is 0.141 e. The van der Waals surface area contributed by atoms with Gasteiger partial charge in [0.2, 0.25) is 0 Å². The highest BCUT2D eigenvalue weighted by Crippen LogP contribution is 2.31. The Morgan fingerprint density at radius 2 is 2.05 bits per heavy atom. The number of aryl methyl sites for hydroxylation is 1. The van der Waals surface area contributed by atoms with Crippen LogP contribution in [0.3, 0.4) is 0 Å². The second-order valence-electron chi connectivity index (χ2n) is 4.81. The van der Waals surface area contributed by atoms with Crippen molar-refractivity contribution in [1.82, 2.24) is 0 Å². The molecule has 0 saturated carbocycles. The van der Waals surface area contributed by atoms with Gasteiger partial charge in [-0.2, -0.15) is 0 Å². The van der Waals surface area contributed by atoms with E-state index in [1.54, 1.807) is 6.07 Å². The van der Waals surface area contributed by atoms with Crippen molar-refractivity contribution in [2.75, 3.05) is 7.11 Å². The summed E-state index contributed by atoms with van der Waals surface area (Å²) in [5, 5.41) is 0. The molecule has 0 aliphatic heterocycles. The van der Waals surface area contributed by atoms with E-state index in [0.29, 0.717) is 16.6 Å². The largest absolute Gasteiger partial charge is 0.496 e. The van der Waals surface area contributed by atoms with E-state index >= 15 is 0 Å². The van der Waals surface area contributed by atoms with Crippen LogP contribution in [0.1, 0.15) is 22.7 Å². The molecule has 20 heavy (non-hydrogen) atoms. The molecular weight excluding hydrogens is 321 g/mol. The molecule has 2 N–H and O–H groups in total. The fourth-order valence-corrected chi connectivity index (χ4v) is 2.57. The number of nitrogens with two attached hydrogens (primary N) is 1. The van der Waals surface area contributed by atoms with Gasteiger partial charge in [-0.15, -0.1) is 0 Å². The Morgan fingerprint density at radius 3 is 2.70 bits per heavy atom. The van der Waals surface area contributed by atoms with Gasteiger partial charge in [-0.05, 0) is 40.9 Å². The lowest BCUT2D eigenvalue weighted by Gasteiger charge is -2.17. The van der Waals surface area contributed by atoms with Crippen molar-refractivity contribution < 1.29 is 9.13 Å². The number of hydrogen-bond acceptors (Lipinski definition) is 2. The quantitative estimate of drug-likeness (QED) is 0.909. The van der Waals surface area contributed by atoms with Crippen LogP contribution in [0.25, 0.3) is 0 Å². The molecule has 0 spiro atoms. The van der Waals surface area contributed by atoms with E-state index in [2.05, 4.69) is 22.0 Å². The molecule has 0 aromatic heterocycles. The average molecular weight is 338 g/mol. The molecule has 0 saturated heterocycles. The van der Waals surface area contributed by atoms with Crippen LogP contribution in [-0.4, -0.2) is 7.11 Å². The van der Waals surface area contributed by atoms with Gasteiger partial charge in [0.25, 0.3) is 0 Å². The summed E-state index contributed by atoms with van der Waals surface area (Å²) >= 11 is 3.19. The van der Waals surface area contributed by atoms with Crippen molar-refractivity contribution in [3.05, 3.63) is 63.4 Å². The van der Waals surface area contributed by atoms with Gasteiger partial charge in [0.1, 0.15) is 11.6 Å². The number of halogens is 2. The Hall–Kier alpha value is -1.39. The maximum atomic E-state index is 13.5. The maximum absolute atomic E-state index is 13.5. The summed E-state index contributed by atoms with van der Waals surface area (Å²) in [6, 6.07) is 11.0. The minimum Gasteiger partial charge on any atom is -0.496 e. The Bertz CT molecular complexity index is 615. The molecule has 0 aliphatic carbocycles. The van der Waals surface area contributed by atoms with Crippen LogP contribution < -0.4 is 10.5 Å². The van der Waals surface area contributed by atoms with Crippen LogP contribution in [-0.2, 0) is 6.42 Å². The van der Waals surface area contributed by atoms with E-state index in [4.69, 9.17) is 10.5 Å². The zero-order valence-corrected chi connectivity index (χ0v) is 13.1. The first-order chi connectivity index (χ1) is 9.51. The molecule has 2 rings (SSSR count). The Balaban J connectivity index is 2.29. The van der Waals surface area contributed by atoms with Gasteiger partial charge < -0.3 is 10.5 Å². The lowest BCUT2D eigenvalue weighted by Crippen LogP contribution is -2.15.